The number of nitrogens with one attached hydrogen (secondary N) is 1. The van der Waals surface area contributed by atoms with Crippen molar-refractivity contribution in [2.75, 3.05) is 18.5 Å². The van der Waals surface area contributed by atoms with Crippen LogP contribution in [0.4, 0.5) is 11.4 Å². The van der Waals surface area contributed by atoms with Crippen LogP contribution in [0.25, 0.3) is 0 Å². The molecular weight excluding hydrogens is 394 g/mol. The number of rotatable bonds is 11. The Morgan fingerprint density at radius 2 is 1.19 bits per heavy atom. The lowest BCUT2D eigenvalue weighted by Crippen LogP contribution is -2.34. The van der Waals surface area contributed by atoms with Crippen LogP contribution in [-0.4, -0.2) is 34.6 Å². The topological polar surface area (TPSA) is 92.6 Å². The molecule has 3 aromatic carbocycles. The van der Waals surface area contributed by atoms with E-state index in [-0.39, 0.29) is 30.1 Å². The van der Waals surface area contributed by atoms with Crippen LogP contribution in [0.5, 0.6) is 0 Å². The van der Waals surface area contributed by atoms with Crippen molar-refractivity contribution in [2.24, 2.45) is 0 Å². The molecule has 0 fully saturated rings. The highest BCUT2D eigenvalue weighted by Crippen LogP contribution is 2.17. The Hall–Kier alpha value is -3.84. The summed E-state index contributed by atoms with van der Waals surface area (Å²) in [6.45, 7) is 0.763. The van der Waals surface area contributed by atoms with Crippen molar-refractivity contribution in [3.8, 4) is 0 Å². The number of anilines is 1. The monoisotopic (exact) mass is 417 g/mol. The second-order valence-electron chi connectivity index (χ2n) is 6.98. The highest BCUT2D eigenvalue weighted by molar-refractivity contribution is 5.96. The van der Waals surface area contributed by atoms with Crippen molar-refractivity contribution in [3.63, 3.8) is 0 Å². The average Bonchev–Trinajstić information content (AvgIpc) is 2.81. The van der Waals surface area contributed by atoms with Gasteiger partial charge in [-0.05, 0) is 12.1 Å². The van der Waals surface area contributed by atoms with E-state index in [0.29, 0.717) is 29.9 Å². The molecule has 0 saturated heterocycles. The molecule has 0 aliphatic rings. The lowest BCUT2D eigenvalue weighted by atomic mass is 10.1. The van der Waals surface area contributed by atoms with E-state index in [1.54, 1.807) is 41.4 Å². The summed E-state index contributed by atoms with van der Waals surface area (Å²) in [5, 5.41) is 12.7. The van der Waals surface area contributed by atoms with Crippen LogP contribution >= 0.6 is 0 Å². The predicted octanol–water partition coefficient (Wildman–Crippen LogP) is 4.77. The van der Waals surface area contributed by atoms with Crippen LogP contribution in [0.15, 0.2) is 84.9 Å². The van der Waals surface area contributed by atoms with Gasteiger partial charge in [-0.2, -0.15) is 0 Å². The van der Waals surface area contributed by atoms with E-state index < -0.39 is 4.92 Å². The van der Waals surface area contributed by atoms with Gasteiger partial charge in [-0.1, -0.05) is 60.7 Å². The largest absolute Gasteiger partial charge is 0.319 e. The van der Waals surface area contributed by atoms with Gasteiger partial charge in [0.2, 0.25) is 0 Å². The summed E-state index contributed by atoms with van der Waals surface area (Å²) >= 11 is 0. The SMILES string of the molecule is O=C(CCN(CCC(=O)c1ccccc1)Nc1ccc([N+](=O)[O-])cc1)c1ccccc1. The number of ketones is 2. The quantitative estimate of drug-likeness (QED) is 0.274. The number of non-ortho nitro benzene ring substituents is 1. The van der Waals surface area contributed by atoms with E-state index in [1.807, 2.05) is 36.4 Å². The fourth-order valence-corrected chi connectivity index (χ4v) is 3.07. The lowest BCUT2D eigenvalue weighted by Gasteiger charge is -2.24. The fraction of sp³-hybridized carbons (Fsp3) is 0.167. The minimum Gasteiger partial charge on any atom is -0.319 e. The van der Waals surface area contributed by atoms with E-state index in [4.69, 9.17) is 0 Å². The molecule has 0 saturated carbocycles. The zero-order chi connectivity index (χ0) is 22.1. The van der Waals surface area contributed by atoms with E-state index >= 15 is 0 Å². The number of nitro benzene ring substituents is 1. The number of hydrogen-bond donors (Lipinski definition) is 1. The van der Waals surface area contributed by atoms with Gasteiger partial charge in [0.25, 0.3) is 5.69 Å². The number of hydrazine groups is 1. The molecule has 0 unspecified atom stereocenters. The van der Waals surface area contributed by atoms with Crippen LogP contribution in [-0.2, 0) is 0 Å². The third-order valence-corrected chi connectivity index (χ3v) is 4.77. The van der Waals surface area contributed by atoms with Gasteiger partial charge in [0.1, 0.15) is 0 Å². The van der Waals surface area contributed by atoms with Crippen LogP contribution in [0.1, 0.15) is 33.6 Å². The van der Waals surface area contributed by atoms with Crippen molar-refractivity contribution in [3.05, 3.63) is 106 Å². The van der Waals surface area contributed by atoms with Gasteiger partial charge >= 0.3 is 0 Å². The Labute approximate surface area is 180 Å². The second-order valence-corrected chi connectivity index (χ2v) is 6.98. The first-order valence-electron chi connectivity index (χ1n) is 9.95. The molecule has 0 spiro atoms. The Balaban J connectivity index is 1.65. The first-order valence-corrected chi connectivity index (χ1v) is 9.95. The minimum absolute atomic E-state index is 0.00406. The number of nitrogens with zero attached hydrogens (tertiary/aromatic N) is 2. The molecule has 0 aliphatic heterocycles. The van der Waals surface area contributed by atoms with Crippen molar-refractivity contribution in [2.45, 2.75) is 12.8 Å². The summed E-state index contributed by atoms with van der Waals surface area (Å²) in [6, 6.07) is 24.1. The third-order valence-electron chi connectivity index (χ3n) is 4.77. The van der Waals surface area contributed by atoms with Gasteiger partial charge in [0, 0.05) is 54.9 Å². The van der Waals surface area contributed by atoms with E-state index in [2.05, 4.69) is 5.43 Å². The number of benzene rings is 3. The number of Topliss-reactive ketones (excluding diaryl/α,β-unsaturated/α-hetero) is 2. The molecule has 3 aromatic rings. The molecule has 1 N–H and O–H groups in total. The van der Waals surface area contributed by atoms with Crippen LogP contribution < -0.4 is 5.43 Å². The van der Waals surface area contributed by atoms with Crippen LogP contribution in [0.2, 0.25) is 0 Å². The van der Waals surface area contributed by atoms with Gasteiger partial charge in [-0.15, -0.1) is 0 Å². The second kappa shape index (κ2) is 10.8. The van der Waals surface area contributed by atoms with Gasteiger partial charge in [0.15, 0.2) is 11.6 Å². The Morgan fingerprint density at radius 1 is 0.742 bits per heavy atom. The zero-order valence-corrected chi connectivity index (χ0v) is 16.9. The first-order chi connectivity index (χ1) is 15.0. The molecule has 0 amide bonds. The number of hydrogen-bond acceptors (Lipinski definition) is 6. The predicted molar refractivity (Wildman–Crippen MR) is 119 cm³/mol. The summed E-state index contributed by atoms with van der Waals surface area (Å²) in [4.78, 5) is 35.4. The fourth-order valence-electron chi connectivity index (χ4n) is 3.07. The van der Waals surface area contributed by atoms with Crippen LogP contribution in [0, 0.1) is 10.1 Å². The van der Waals surface area contributed by atoms with Crippen molar-refractivity contribution < 1.29 is 14.5 Å². The molecule has 0 aliphatic carbocycles. The number of carbonyl (C=O) groups excluding carboxylic acids is 2. The lowest BCUT2D eigenvalue weighted by molar-refractivity contribution is -0.384. The molecule has 158 valence electrons. The van der Waals surface area contributed by atoms with Crippen molar-refractivity contribution in [1.29, 1.82) is 0 Å². The Bertz CT molecular complexity index is 966. The smallest absolute Gasteiger partial charge is 0.269 e. The standard InChI is InChI=1S/C24H23N3O4/c28-23(19-7-3-1-4-8-19)15-17-26(18-16-24(29)20-9-5-2-6-10-20)25-21-11-13-22(14-12-21)27(30)31/h1-14,25H,15-18H2. The maximum atomic E-state index is 12.5. The van der Waals surface area contributed by atoms with E-state index in [9.17, 15) is 19.7 Å². The van der Waals surface area contributed by atoms with Crippen molar-refractivity contribution in [1.82, 2.24) is 5.01 Å². The number of carbonyl (C=O) groups is 2. The summed E-state index contributed by atoms with van der Waals surface area (Å²) in [6.07, 6.45) is 0.535. The highest BCUT2D eigenvalue weighted by atomic mass is 16.6. The zero-order valence-electron chi connectivity index (χ0n) is 16.9. The summed E-state index contributed by atoms with van der Waals surface area (Å²) in [5.41, 5.74) is 5.08. The highest BCUT2D eigenvalue weighted by Gasteiger charge is 2.14. The molecule has 0 radical (unpaired) electrons. The molecule has 0 aromatic heterocycles. The van der Waals surface area contributed by atoms with Crippen molar-refractivity contribution >= 4 is 22.9 Å². The van der Waals surface area contributed by atoms with Gasteiger partial charge in [-0.25, -0.2) is 5.01 Å². The summed E-state index contributed by atoms with van der Waals surface area (Å²) in [5.74, 6) is 0.0102. The molecule has 0 atom stereocenters. The normalized spacial score (nSPS) is 10.6. The maximum Gasteiger partial charge on any atom is 0.269 e. The molecule has 7 nitrogen and oxygen atoms in total. The van der Waals surface area contributed by atoms with Gasteiger partial charge in [-0.3, -0.25) is 19.7 Å². The van der Waals surface area contributed by atoms with E-state index in [1.165, 1.54) is 12.1 Å². The maximum absolute atomic E-state index is 12.5. The Morgan fingerprint density at radius 3 is 1.61 bits per heavy atom. The van der Waals surface area contributed by atoms with Gasteiger partial charge < -0.3 is 5.43 Å². The summed E-state index contributed by atoms with van der Waals surface area (Å²) in [7, 11) is 0. The average molecular weight is 417 g/mol. The first kappa shape index (κ1) is 21.9. The molecule has 7 heteroatoms. The molecular formula is C24H23N3O4. The van der Waals surface area contributed by atoms with E-state index in [0.717, 1.165) is 0 Å². The third kappa shape index (κ3) is 6.58. The number of nitro groups is 1. The summed E-state index contributed by atoms with van der Waals surface area (Å²) < 4.78 is 0. The Kier molecular flexibility index (Phi) is 7.61. The molecule has 3 rings (SSSR count). The minimum atomic E-state index is -0.460. The van der Waals surface area contributed by atoms with Crippen LogP contribution in [0.3, 0.4) is 0 Å². The molecule has 0 bridgehead atoms. The molecule has 31 heavy (non-hydrogen) atoms. The van der Waals surface area contributed by atoms with Gasteiger partial charge in [0.05, 0.1) is 4.92 Å². The molecule has 0 heterocycles.